The van der Waals surface area contributed by atoms with Crippen molar-refractivity contribution in [3.8, 4) is 0 Å². The van der Waals surface area contributed by atoms with Gasteiger partial charge in [0, 0.05) is 6.54 Å². The maximum Gasteiger partial charge on any atom is 0.0662 e. The lowest BCUT2D eigenvalue weighted by Gasteiger charge is -2.26. The number of halogens is 1. The van der Waals surface area contributed by atoms with E-state index < -0.39 is 0 Å². The second kappa shape index (κ2) is 6.02. The lowest BCUT2D eigenvalue weighted by molar-refractivity contribution is 0.0777. The van der Waals surface area contributed by atoms with E-state index in [-0.39, 0.29) is 18.4 Å². The fourth-order valence-corrected chi connectivity index (χ4v) is 3.18. The van der Waals surface area contributed by atoms with E-state index >= 15 is 0 Å². The highest BCUT2D eigenvalue weighted by Crippen LogP contribution is 2.33. The van der Waals surface area contributed by atoms with E-state index in [0.717, 1.165) is 19.8 Å². The van der Waals surface area contributed by atoms with Crippen LogP contribution < -0.4 is 5.32 Å². The van der Waals surface area contributed by atoms with Crippen LogP contribution in [0.2, 0.25) is 0 Å². The van der Waals surface area contributed by atoms with E-state index in [2.05, 4.69) is 59.9 Å². The Morgan fingerprint density at radius 1 is 0.905 bits per heavy atom. The molecule has 1 fully saturated rings. The molecular weight excluding hydrogens is 282 g/mol. The Bertz CT molecular complexity index is 711. The highest BCUT2D eigenvalue weighted by molar-refractivity contribution is 6.02. The Kier molecular flexibility index (Phi) is 4.11. The Morgan fingerprint density at radius 2 is 1.52 bits per heavy atom. The predicted octanol–water partition coefficient (Wildman–Crippen LogP) is 4.08. The summed E-state index contributed by atoms with van der Waals surface area (Å²) >= 11 is 0. The van der Waals surface area contributed by atoms with Crippen molar-refractivity contribution in [1.82, 2.24) is 5.32 Å². The molecule has 0 spiro atoms. The van der Waals surface area contributed by atoms with E-state index in [1.54, 1.807) is 0 Å². The molecule has 1 N–H and O–H groups in total. The molecule has 108 valence electrons. The monoisotopic (exact) mass is 299 g/mol. The first-order valence-corrected chi connectivity index (χ1v) is 7.15. The molecule has 0 amide bonds. The molecule has 1 saturated heterocycles. The lowest BCUT2D eigenvalue weighted by Crippen LogP contribution is -2.34. The molecule has 0 aromatic heterocycles. The van der Waals surface area contributed by atoms with Gasteiger partial charge in [0.15, 0.2) is 0 Å². The van der Waals surface area contributed by atoms with Crippen molar-refractivity contribution in [2.45, 2.75) is 6.04 Å². The normalized spacial score (nSPS) is 18.6. The van der Waals surface area contributed by atoms with E-state index in [1.807, 2.05) is 0 Å². The maximum absolute atomic E-state index is 5.67. The zero-order valence-corrected chi connectivity index (χ0v) is 12.5. The zero-order chi connectivity index (χ0) is 13.4. The number of rotatable bonds is 1. The van der Waals surface area contributed by atoms with Crippen LogP contribution in [0, 0.1) is 0 Å². The molecule has 4 rings (SSSR count). The predicted molar refractivity (Wildman–Crippen MR) is 90.3 cm³/mol. The molecule has 1 aliphatic rings. The van der Waals surface area contributed by atoms with Crippen LogP contribution in [0.25, 0.3) is 21.5 Å². The first kappa shape index (κ1) is 14.3. The smallest absolute Gasteiger partial charge is 0.0662 e. The molecule has 0 bridgehead atoms. The molecule has 3 aromatic carbocycles. The van der Waals surface area contributed by atoms with Crippen LogP contribution in [0.5, 0.6) is 0 Å². The van der Waals surface area contributed by atoms with Crippen LogP contribution in [-0.2, 0) is 4.74 Å². The fourth-order valence-electron chi connectivity index (χ4n) is 3.18. The molecule has 2 nitrogen and oxygen atoms in total. The van der Waals surface area contributed by atoms with Gasteiger partial charge < -0.3 is 10.1 Å². The summed E-state index contributed by atoms with van der Waals surface area (Å²) < 4.78 is 5.67. The maximum atomic E-state index is 5.67. The average Bonchev–Trinajstić information content (AvgIpc) is 2.53. The molecule has 0 aliphatic carbocycles. The molecule has 3 aromatic rings. The number of hydrogen-bond acceptors (Lipinski definition) is 2. The van der Waals surface area contributed by atoms with Crippen LogP contribution in [0.1, 0.15) is 11.6 Å². The number of nitrogens with one attached hydrogen (secondary N) is 1. The van der Waals surface area contributed by atoms with Gasteiger partial charge in [0.1, 0.15) is 0 Å². The highest BCUT2D eigenvalue weighted by Gasteiger charge is 2.20. The number of ether oxygens (including phenoxy) is 1. The van der Waals surface area contributed by atoms with Gasteiger partial charge >= 0.3 is 0 Å². The topological polar surface area (TPSA) is 21.3 Å². The van der Waals surface area contributed by atoms with Gasteiger partial charge in [0.25, 0.3) is 0 Å². The van der Waals surface area contributed by atoms with Crippen molar-refractivity contribution in [2.24, 2.45) is 0 Å². The molecule has 1 atom stereocenters. The van der Waals surface area contributed by atoms with E-state index in [9.17, 15) is 0 Å². The second-order valence-electron chi connectivity index (χ2n) is 5.31. The van der Waals surface area contributed by atoms with Crippen molar-refractivity contribution in [2.75, 3.05) is 19.8 Å². The largest absolute Gasteiger partial charge is 0.378 e. The van der Waals surface area contributed by atoms with Gasteiger partial charge in [-0.15, -0.1) is 12.4 Å². The van der Waals surface area contributed by atoms with Crippen LogP contribution in [0.15, 0.2) is 54.6 Å². The highest BCUT2D eigenvalue weighted by atomic mass is 35.5. The number of fused-ring (bicyclic) bond motifs is 2. The third-order valence-corrected chi connectivity index (χ3v) is 4.08. The minimum Gasteiger partial charge on any atom is -0.378 e. The third kappa shape index (κ3) is 2.51. The molecule has 0 unspecified atom stereocenters. The van der Waals surface area contributed by atoms with Gasteiger partial charge in [-0.25, -0.2) is 0 Å². The summed E-state index contributed by atoms with van der Waals surface area (Å²) in [7, 11) is 0. The molecule has 21 heavy (non-hydrogen) atoms. The van der Waals surface area contributed by atoms with Crippen molar-refractivity contribution in [1.29, 1.82) is 0 Å². The zero-order valence-electron chi connectivity index (χ0n) is 11.7. The van der Waals surface area contributed by atoms with Gasteiger partial charge in [0.05, 0.1) is 19.3 Å². The van der Waals surface area contributed by atoms with Crippen molar-refractivity contribution in [3.63, 3.8) is 0 Å². The second-order valence-corrected chi connectivity index (χ2v) is 5.31. The number of morpholine rings is 1. The Morgan fingerprint density at radius 3 is 2.10 bits per heavy atom. The van der Waals surface area contributed by atoms with Crippen molar-refractivity contribution < 1.29 is 4.74 Å². The fraction of sp³-hybridized carbons (Fsp3) is 0.222. The van der Waals surface area contributed by atoms with Crippen LogP contribution in [0.3, 0.4) is 0 Å². The first-order chi connectivity index (χ1) is 9.93. The molecular formula is C18H18ClNO. The summed E-state index contributed by atoms with van der Waals surface area (Å²) in [5.41, 5.74) is 1.37. The van der Waals surface area contributed by atoms with Gasteiger partial charge in [-0.2, -0.15) is 0 Å². The molecule has 0 saturated carbocycles. The van der Waals surface area contributed by atoms with Gasteiger partial charge in [-0.1, -0.05) is 48.5 Å². The number of hydrogen-bond donors (Lipinski definition) is 1. The third-order valence-electron chi connectivity index (χ3n) is 4.08. The summed E-state index contributed by atoms with van der Waals surface area (Å²) in [5, 5.41) is 8.85. The Balaban J connectivity index is 0.00000132. The molecule has 0 radical (unpaired) electrons. The van der Waals surface area contributed by atoms with E-state index in [1.165, 1.54) is 27.1 Å². The summed E-state index contributed by atoms with van der Waals surface area (Å²) in [4.78, 5) is 0. The SMILES string of the molecule is Cl.c1ccc2c([C@@H]3COCCN3)c3ccccc3cc2c1. The minimum atomic E-state index is 0. The van der Waals surface area contributed by atoms with Crippen molar-refractivity contribution in [3.05, 3.63) is 60.2 Å². The average molecular weight is 300 g/mol. The summed E-state index contributed by atoms with van der Waals surface area (Å²) in [6.45, 7) is 2.47. The van der Waals surface area contributed by atoms with Crippen LogP contribution in [0.4, 0.5) is 0 Å². The summed E-state index contributed by atoms with van der Waals surface area (Å²) in [5.74, 6) is 0. The molecule has 3 heteroatoms. The molecule has 1 heterocycles. The number of benzene rings is 3. The van der Waals surface area contributed by atoms with E-state index in [0.29, 0.717) is 0 Å². The standard InChI is InChI=1S/C18H17NO.ClH/c1-3-7-15-13(5-1)11-14-6-2-4-8-16(14)18(15)17-12-20-10-9-19-17;/h1-8,11,17,19H,9-10,12H2;1H/t17-;/m0./s1. The van der Waals surface area contributed by atoms with Gasteiger partial charge in [0.2, 0.25) is 0 Å². The first-order valence-electron chi connectivity index (χ1n) is 7.15. The quantitative estimate of drug-likeness (QED) is 0.684. The van der Waals surface area contributed by atoms with Crippen molar-refractivity contribution >= 4 is 34.0 Å². The lowest BCUT2D eigenvalue weighted by atomic mass is 9.92. The van der Waals surface area contributed by atoms with Crippen LogP contribution >= 0.6 is 12.4 Å². The Hall–Kier alpha value is -1.61. The summed E-state index contributed by atoms with van der Waals surface area (Å²) in [6.07, 6.45) is 0. The summed E-state index contributed by atoms with van der Waals surface area (Å²) in [6, 6.07) is 19.8. The van der Waals surface area contributed by atoms with E-state index in [4.69, 9.17) is 4.74 Å². The molecule has 1 aliphatic heterocycles. The van der Waals surface area contributed by atoms with Gasteiger partial charge in [-0.05, 0) is 33.2 Å². The van der Waals surface area contributed by atoms with Crippen LogP contribution in [-0.4, -0.2) is 19.8 Å². The van der Waals surface area contributed by atoms with Gasteiger partial charge in [-0.3, -0.25) is 0 Å². The Labute approximate surface area is 130 Å². The minimum absolute atomic E-state index is 0.